The highest BCUT2D eigenvalue weighted by Crippen LogP contribution is 2.58. The van der Waals surface area contributed by atoms with Crippen molar-refractivity contribution in [2.75, 3.05) is 19.6 Å². The lowest BCUT2D eigenvalue weighted by Gasteiger charge is -2.34. The van der Waals surface area contributed by atoms with E-state index in [4.69, 9.17) is 0 Å². The molecule has 3 aliphatic carbocycles. The Morgan fingerprint density at radius 3 is 2.77 bits per heavy atom. The van der Waals surface area contributed by atoms with Crippen LogP contribution in [0.25, 0.3) is 0 Å². The first-order valence-corrected chi connectivity index (χ1v) is 9.54. The van der Waals surface area contributed by atoms with Crippen molar-refractivity contribution in [3.8, 4) is 0 Å². The first-order chi connectivity index (χ1) is 10.7. The van der Waals surface area contributed by atoms with Crippen molar-refractivity contribution < 1.29 is 4.79 Å². The fourth-order valence-corrected chi connectivity index (χ4v) is 6.09. The quantitative estimate of drug-likeness (QED) is 0.842. The van der Waals surface area contributed by atoms with Crippen molar-refractivity contribution in [2.45, 2.75) is 64.0 Å². The fraction of sp³-hybridized carbons (Fsp3) is 0.944. The van der Waals surface area contributed by atoms with Gasteiger partial charge in [0.2, 0.25) is 0 Å². The Bertz CT molecular complexity index is 427. The zero-order valence-corrected chi connectivity index (χ0v) is 13.9. The van der Waals surface area contributed by atoms with Crippen LogP contribution in [0, 0.1) is 23.7 Å². The van der Waals surface area contributed by atoms with E-state index in [1.165, 1.54) is 45.1 Å². The topological polar surface area (TPSA) is 44.4 Å². The van der Waals surface area contributed by atoms with E-state index in [1.807, 2.05) is 0 Å². The van der Waals surface area contributed by atoms with Crippen LogP contribution in [-0.4, -0.2) is 42.6 Å². The number of rotatable bonds is 3. The van der Waals surface area contributed by atoms with E-state index in [9.17, 15) is 4.79 Å². The maximum absolute atomic E-state index is 12.4. The third-order valence-electron chi connectivity index (χ3n) is 7.03. The lowest BCUT2D eigenvalue weighted by molar-refractivity contribution is 0.179. The molecule has 4 heteroatoms. The van der Waals surface area contributed by atoms with E-state index in [-0.39, 0.29) is 6.03 Å². The predicted octanol–water partition coefficient (Wildman–Crippen LogP) is 2.59. The lowest BCUT2D eigenvalue weighted by Crippen LogP contribution is -2.53. The molecule has 4 rings (SSSR count). The summed E-state index contributed by atoms with van der Waals surface area (Å²) in [5, 5.41) is 6.57. The third-order valence-corrected chi connectivity index (χ3v) is 7.03. The molecule has 0 radical (unpaired) electrons. The average Bonchev–Trinajstić information content (AvgIpc) is 3.19. The van der Waals surface area contributed by atoms with Gasteiger partial charge in [0.25, 0.3) is 0 Å². The van der Waals surface area contributed by atoms with Crippen LogP contribution >= 0.6 is 0 Å². The minimum absolute atomic E-state index is 0.0926. The van der Waals surface area contributed by atoms with Crippen molar-refractivity contribution in [1.82, 2.24) is 15.5 Å². The maximum Gasteiger partial charge on any atom is 0.315 e. The molecule has 3 saturated carbocycles. The molecular weight excluding hydrogens is 274 g/mol. The first-order valence-electron chi connectivity index (χ1n) is 9.54. The summed E-state index contributed by atoms with van der Waals surface area (Å²) >= 11 is 0. The normalized spacial score (nSPS) is 44.0. The SMILES string of the molecule is CCN1CCC[C@H](NC(=O)N[C@@H]2C[C@H]3C[C@H]2[C@@H]2CCC[C@H]32)C1. The third kappa shape index (κ3) is 2.64. The summed E-state index contributed by atoms with van der Waals surface area (Å²) in [6.45, 7) is 5.50. The smallest absolute Gasteiger partial charge is 0.315 e. The van der Waals surface area contributed by atoms with Gasteiger partial charge in [-0.15, -0.1) is 0 Å². The second-order valence-corrected chi connectivity index (χ2v) is 8.11. The number of likely N-dealkylation sites (tertiary alicyclic amines) is 1. The molecule has 2 bridgehead atoms. The molecule has 0 aromatic rings. The zero-order valence-electron chi connectivity index (χ0n) is 13.9. The Hall–Kier alpha value is -0.770. The molecule has 4 aliphatic rings. The molecule has 1 aliphatic heterocycles. The van der Waals surface area contributed by atoms with Crippen LogP contribution in [0.5, 0.6) is 0 Å². The van der Waals surface area contributed by atoms with Crippen LogP contribution in [0.2, 0.25) is 0 Å². The highest BCUT2D eigenvalue weighted by molar-refractivity contribution is 5.74. The lowest BCUT2D eigenvalue weighted by atomic mass is 9.79. The number of nitrogens with one attached hydrogen (secondary N) is 2. The highest BCUT2D eigenvalue weighted by atomic mass is 16.2. The summed E-state index contributed by atoms with van der Waals surface area (Å²) in [5.41, 5.74) is 0. The number of hydrogen-bond acceptors (Lipinski definition) is 2. The van der Waals surface area contributed by atoms with Gasteiger partial charge < -0.3 is 15.5 Å². The van der Waals surface area contributed by atoms with Crippen molar-refractivity contribution in [1.29, 1.82) is 0 Å². The molecule has 2 N–H and O–H groups in total. The highest BCUT2D eigenvalue weighted by Gasteiger charge is 2.54. The number of carbonyl (C=O) groups is 1. The van der Waals surface area contributed by atoms with Gasteiger partial charge in [-0.25, -0.2) is 4.79 Å². The molecule has 2 amide bonds. The molecule has 1 saturated heterocycles. The van der Waals surface area contributed by atoms with Gasteiger partial charge in [-0.3, -0.25) is 0 Å². The molecule has 4 fully saturated rings. The van der Waals surface area contributed by atoms with Gasteiger partial charge in [0.05, 0.1) is 0 Å². The minimum atomic E-state index is 0.0926. The number of likely N-dealkylation sites (N-methyl/N-ethyl adjacent to an activating group) is 1. The predicted molar refractivity (Wildman–Crippen MR) is 87.6 cm³/mol. The number of urea groups is 1. The second-order valence-electron chi connectivity index (χ2n) is 8.11. The summed E-state index contributed by atoms with van der Waals surface area (Å²) in [6, 6.07) is 0.886. The average molecular weight is 305 g/mol. The van der Waals surface area contributed by atoms with Crippen molar-refractivity contribution in [3.63, 3.8) is 0 Å². The van der Waals surface area contributed by atoms with Crippen LogP contribution in [0.3, 0.4) is 0 Å². The Morgan fingerprint density at radius 1 is 1.05 bits per heavy atom. The van der Waals surface area contributed by atoms with Crippen LogP contribution in [0.15, 0.2) is 0 Å². The van der Waals surface area contributed by atoms with Gasteiger partial charge in [0.15, 0.2) is 0 Å². The Labute approximate surface area is 134 Å². The summed E-state index contributed by atoms with van der Waals surface area (Å²) in [6.07, 6.45) is 9.26. The van der Waals surface area contributed by atoms with E-state index in [0.717, 1.165) is 43.2 Å². The Balaban J connectivity index is 1.28. The van der Waals surface area contributed by atoms with E-state index in [0.29, 0.717) is 12.1 Å². The molecular formula is C18H31N3O. The molecule has 0 aromatic heterocycles. The summed E-state index contributed by atoms with van der Waals surface area (Å²) < 4.78 is 0. The molecule has 0 unspecified atom stereocenters. The number of nitrogens with zero attached hydrogens (tertiary/aromatic N) is 1. The molecule has 6 atom stereocenters. The van der Waals surface area contributed by atoms with Gasteiger partial charge >= 0.3 is 6.03 Å². The van der Waals surface area contributed by atoms with Gasteiger partial charge in [-0.05, 0) is 75.3 Å². The summed E-state index contributed by atoms with van der Waals surface area (Å²) in [7, 11) is 0. The Morgan fingerprint density at radius 2 is 1.91 bits per heavy atom. The number of carbonyl (C=O) groups excluding carboxylic acids is 1. The largest absolute Gasteiger partial charge is 0.335 e. The number of hydrogen-bond donors (Lipinski definition) is 2. The van der Waals surface area contributed by atoms with Crippen LogP contribution < -0.4 is 10.6 Å². The first kappa shape index (κ1) is 14.8. The number of fused-ring (bicyclic) bond motifs is 5. The van der Waals surface area contributed by atoms with E-state index >= 15 is 0 Å². The fourth-order valence-electron chi connectivity index (χ4n) is 6.09. The van der Waals surface area contributed by atoms with Gasteiger partial charge in [0, 0.05) is 18.6 Å². The zero-order chi connectivity index (χ0) is 15.1. The van der Waals surface area contributed by atoms with E-state index in [2.05, 4.69) is 22.5 Å². The van der Waals surface area contributed by atoms with Crippen molar-refractivity contribution in [2.24, 2.45) is 23.7 Å². The van der Waals surface area contributed by atoms with Gasteiger partial charge in [0.1, 0.15) is 0 Å². The van der Waals surface area contributed by atoms with Crippen LogP contribution in [0.1, 0.15) is 51.9 Å². The standard InChI is InChI=1S/C18H31N3O/c1-2-21-8-4-5-13(11-21)19-18(22)20-17-10-12-9-16(17)15-7-3-6-14(12)15/h12-17H,2-11H2,1H3,(H2,19,20,22)/t12-,13+,14-,15-,16+,17-/m1/s1. The maximum atomic E-state index is 12.4. The molecule has 4 nitrogen and oxygen atoms in total. The summed E-state index contributed by atoms with van der Waals surface area (Å²) in [5.74, 6) is 3.62. The van der Waals surface area contributed by atoms with Crippen molar-refractivity contribution in [3.05, 3.63) is 0 Å². The molecule has 22 heavy (non-hydrogen) atoms. The van der Waals surface area contributed by atoms with Gasteiger partial charge in [-0.2, -0.15) is 0 Å². The van der Waals surface area contributed by atoms with E-state index < -0.39 is 0 Å². The molecule has 0 spiro atoms. The van der Waals surface area contributed by atoms with Gasteiger partial charge in [-0.1, -0.05) is 13.3 Å². The molecule has 0 aromatic carbocycles. The molecule has 124 valence electrons. The summed E-state index contributed by atoms with van der Waals surface area (Å²) in [4.78, 5) is 14.8. The van der Waals surface area contributed by atoms with Crippen LogP contribution in [-0.2, 0) is 0 Å². The van der Waals surface area contributed by atoms with Crippen LogP contribution in [0.4, 0.5) is 4.79 Å². The van der Waals surface area contributed by atoms with Crippen molar-refractivity contribution >= 4 is 6.03 Å². The minimum Gasteiger partial charge on any atom is -0.335 e. The monoisotopic (exact) mass is 305 g/mol. The number of piperidine rings is 1. The molecule has 1 heterocycles. The van der Waals surface area contributed by atoms with E-state index in [1.54, 1.807) is 0 Å². The number of amides is 2. The second kappa shape index (κ2) is 6.03. The Kier molecular flexibility index (Phi) is 4.05.